The predicted octanol–water partition coefficient (Wildman–Crippen LogP) is 1.70. The van der Waals surface area contributed by atoms with Crippen LogP contribution in [0.25, 0.3) is 0 Å². The predicted molar refractivity (Wildman–Crippen MR) is 65.3 cm³/mol. The molecule has 3 saturated carbocycles. The Hall–Kier alpha value is -0.570. The standard InChI is InChI=1S/C14H23NO2/c16-8-12-10-4-5-11(7-10)14(12)15-13(17)6-3-9-1-2-9/h9-12,14,16H,1-8H2,(H,15,17). The largest absolute Gasteiger partial charge is 0.396 e. The number of aliphatic hydroxyl groups excluding tert-OH is 1. The summed E-state index contributed by atoms with van der Waals surface area (Å²) in [4.78, 5) is 11.9. The minimum absolute atomic E-state index is 0.216. The average molecular weight is 237 g/mol. The number of rotatable bonds is 5. The summed E-state index contributed by atoms with van der Waals surface area (Å²) >= 11 is 0. The van der Waals surface area contributed by atoms with E-state index in [2.05, 4.69) is 5.32 Å². The van der Waals surface area contributed by atoms with Crippen LogP contribution in [-0.4, -0.2) is 23.7 Å². The fourth-order valence-corrected chi connectivity index (χ4v) is 3.90. The van der Waals surface area contributed by atoms with Crippen LogP contribution in [0.15, 0.2) is 0 Å². The Morgan fingerprint density at radius 1 is 1.18 bits per heavy atom. The van der Waals surface area contributed by atoms with E-state index < -0.39 is 0 Å². The van der Waals surface area contributed by atoms with Gasteiger partial charge in [-0.15, -0.1) is 0 Å². The monoisotopic (exact) mass is 237 g/mol. The number of aliphatic hydroxyl groups is 1. The third-order valence-corrected chi connectivity index (χ3v) is 5.10. The Bertz CT molecular complexity index is 301. The van der Waals surface area contributed by atoms with E-state index in [9.17, 15) is 9.90 Å². The second kappa shape index (κ2) is 4.60. The van der Waals surface area contributed by atoms with E-state index in [1.807, 2.05) is 0 Å². The fraction of sp³-hybridized carbons (Fsp3) is 0.929. The summed E-state index contributed by atoms with van der Waals surface area (Å²) in [7, 11) is 0. The lowest BCUT2D eigenvalue weighted by Crippen LogP contribution is -2.45. The van der Waals surface area contributed by atoms with Gasteiger partial charge in [0, 0.05) is 25.0 Å². The number of amides is 1. The van der Waals surface area contributed by atoms with Crippen LogP contribution in [-0.2, 0) is 4.79 Å². The van der Waals surface area contributed by atoms with Crippen LogP contribution in [0.1, 0.15) is 44.9 Å². The van der Waals surface area contributed by atoms with Crippen LogP contribution in [0.5, 0.6) is 0 Å². The molecular weight excluding hydrogens is 214 g/mol. The third-order valence-electron chi connectivity index (χ3n) is 5.10. The molecule has 2 N–H and O–H groups in total. The maximum atomic E-state index is 11.9. The number of fused-ring (bicyclic) bond motifs is 2. The molecule has 0 aromatic heterocycles. The van der Waals surface area contributed by atoms with E-state index in [0.29, 0.717) is 24.2 Å². The van der Waals surface area contributed by atoms with Crippen molar-refractivity contribution in [3.05, 3.63) is 0 Å². The molecule has 3 rings (SSSR count). The van der Waals surface area contributed by atoms with E-state index in [0.717, 1.165) is 12.3 Å². The Kier molecular flexibility index (Phi) is 3.12. The molecule has 0 heterocycles. The molecule has 1 amide bonds. The number of hydrogen-bond acceptors (Lipinski definition) is 2. The Morgan fingerprint density at radius 3 is 2.65 bits per heavy atom. The van der Waals surface area contributed by atoms with Crippen molar-refractivity contribution in [2.24, 2.45) is 23.7 Å². The quantitative estimate of drug-likeness (QED) is 0.764. The minimum atomic E-state index is 0.216. The number of carbonyl (C=O) groups is 1. The van der Waals surface area contributed by atoms with Gasteiger partial charge in [0.1, 0.15) is 0 Å². The molecule has 3 aliphatic rings. The fourth-order valence-electron chi connectivity index (χ4n) is 3.90. The van der Waals surface area contributed by atoms with Crippen molar-refractivity contribution < 1.29 is 9.90 Å². The summed E-state index contributed by atoms with van der Waals surface area (Å²) < 4.78 is 0. The van der Waals surface area contributed by atoms with Gasteiger partial charge < -0.3 is 10.4 Å². The maximum absolute atomic E-state index is 11.9. The molecule has 3 aliphatic carbocycles. The zero-order chi connectivity index (χ0) is 11.8. The summed E-state index contributed by atoms with van der Waals surface area (Å²) in [6.45, 7) is 0.245. The first-order valence-electron chi connectivity index (χ1n) is 7.18. The first-order valence-corrected chi connectivity index (χ1v) is 7.18. The van der Waals surface area contributed by atoms with Crippen molar-refractivity contribution >= 4 is 5.91 Å². The highest BCUT2D eigenvalue weighted by molar-refractivity contribution is 5.76. The summed E-state index contributed by atoms with van der Waals surface area (Å²) in [5, 5.41) is 12.6. The molecule has 96 valence electrons. The van der Waals surface area contributed by atoms with Crippen LogP contribution < -0.4 is 5.32 Å². The van der Waals surface area contributed by atoms with E-state index in [-0.39, 0.29) is 18.6 Å². The van der Waals surface area contributed by atoms with Gasteiger partial charge in [0.25, 0.3) is 0 Å². The molecule has 3 heteroatoms. The van der Waals surface area contributed by atoms with Crippen molar-refractivity contribution in [3.63, 3.8) is 0 Å². The molecule has 2 bridgehead atoms. The zero-order valence-corrected chi connectivity index (χ0v) is 10.4. The van der Waals surface area contributed by atoms with Gasteiger partial charge in [-0.3, -0.25) is 4.79 Å². The molecule has 0 saturated heterocycles. The highest BCUT2D eigenvalue weighted by atomic mass is 16.3. The molecule has 0 radical (unpaired) electrons. The molecule has 4 unspecified atom stereocenters. The van der Waals surface area contributed by atoms with Crippen molar-refractivity contribution in [3.8, 4) is 0 Å². The lowest BCUT2D eigenvalue weighted by atomic mass is 9.85. The lowest BCUT2D eigenvalue weighted by Gasteiger charge is -2.30. The molecule has 0 aliphatic heterocycles. The zero-order valence-electron chi connectivity index (χ0n) is 10.4. The highest BCUT2D eigenvalue weighted by Crippen LogP contribution is 2.48. The van der Waals surface area contributed by atoms with Gasteiger partial charge in [0.05, 0.1) is 0 Å². The summed E-state index contributed by atoms with van der Waals surface area (Å²) in [6.07, 6.45) is 8.12. The molecule has 3 fully saturated rings. The Balaban J connectivity index is 1.50. The topological polar surface area (TPSA) is 49.3 Å². The van der Waals surface area contributed by atoms with Gasteiger partial charge >= 0.3 is 0 Å². The summed E-state index contributed by atoms with van der Waals surface area (Å²) in [5.74, 6) is 2.68. The normalized spacial score (nSPS) is 39.6. The smallest absolute Gasteiger partial charge is 0.220 e. The SMILES string of the molecule is O=C(CCC1CC1)NC1C2CCC(C2)C1CO. The summed E-state index contributed by atoms with van der Waals surface area (Å²) in [6, 6.07) is 0.269. The molecule has 0 aromatic rings. The van der Waals surface area contributed by atoms with Crippen LogP contribution in [0.2, 0.25) is 0 Å². The van der Waals surface area contributed by atoms with E-state index in [1.165, 1.54) is 32.1 Å². The van der Waals surface area contributed by atoms with Crippen LogP contribution >= 0.6 is 0 Å². The first-order chi connectivity index (χ1) is 8.28. The van der Waals surface area contributed by atoms with Crippen molar-refractivity contribution in [1.29, 1.82) is 0 Å². The molecule has 0 aromatic carbocycles. The lowest BCUT2D eigenvalue weighted by molar-refractivity contribution is -0.122. The molecule has 3 nitrogen and oxygen atoms in total. The molecule has 17 heavy (non-hydrogen) atoms. The van der Waals surface area contributed by atoms with Crippen molar-refractivity contribution in [1.82, 2.24) is 5.32 Å². The van der Waals surface area contributed by atoms with Crippen molar-refractivity contribution in [2.45, 2.75) is 51.0 Å². The van der Waals surface area contributed by atoms with E-state index in [4.69, 9.17) is 0 Å². The third kappa shape index (κ3) is 2.35. The van der Waals surface area contributed by atoms with Crippen LogP contribution in [0.3, 0.4) is 0 Å². The highest BCUT2D eigenvalue weighted by Gasteiger charge is 2.47. The Labute approximate surface area is 103 Å². The second-order valence-electron chi connectivity index (χ2n) is 6.25. The van der Waals surface area contributed by atoms with Gasteiger partial charge in [-0.1, -0.05) is 12.8 Å². The average Bonchev–Trinajstić information content (AvgIpc) is 2.95. The van der Waals surface area contributed by atoms with Gasteiger partial charge in [-0.05, 0) is 43.4 Å². The van der Waals surface area contributed by atoms with Gasteiger partial charge in [0.2, 0.25) is 5.91 Å². The van der Waals surface area contributed by atoms with Gasteiger partial charge in [-0.25, -0.2) is 0 Å². The maximum Gasteiger partial charge on any atom is 0.220 e. The molecule has 0 spiro atoms. The number of carbonyl (C=O) groups excluding carboxylic acids is 1. The van der Waals surface area contributed by atoms with Gasteiger partial charge in [-0.2, -0.15) is 0 Å². The van der Waals surface area contributed by atoms with Crippen LogP contribution in [0, 0.1) is 23.7 Å². The van der Waals surface area contributed by atoms with E-state index in [1.54, 1.807) is 0 Å². The first kappa shape index (κ1) is 11.5. The van der Waals surface area contributed by atoms with Crippen LogP contribution in [0.4, 0.5) is 0 Å². The van der Waals surface area contributed by atoms with Crippen molar-refractivity contribution in [2.75, 3.05) is 6.61 Å². The minimum Gasteiger partial charge on any atom is -0.396 e. The second-order valence-corrected chi connectivity index (χ2v) is 6.25. The van der Waals surface area contributed by atoms with E-state index >= 15 is 0 Å². The summed E-state index contributed by atoms with van der Waals surface area (Å²) in [5.41, 5.74) is 0. The number of nitrogens with one attached hydrogen (secondary N) is 1. The Morgan fingerprint density at radius 2 is 1.94 bits per heavy atom. The molecular formula is C14H23NO2. The van der Waals surface area contributed by atoms with Gasteiger partial charge in [0.15, 0.2) is 0 Å². The molecule has 4 atom stereocenters. The number of hydrogen-bond donors (Lipinski definition) is 2.